The quantitative estimate of drug-likeness (QED) is 0.556. The summed E-state index contributed by atoms with van der Waals surface area (Å²) in [4.78, 5) is 22.9. The van der Waals surface area contributed by atoms with Gasteiger partial charge in [-0.25, -0.2) is 0 Å². The van der Waals surface area contributed by atoms with Crippen LogP contribution in [0.2, 0.25) is 0 Å². The van der Waals surface area contributed by atoms with Crippen LogP contribution in [0.15, 0.2) is 12.1 Å². The third-order valence-corrected chi connectivity index (χ3v) is 2.92. The number of benzene rings is 1. The lowest BCUT2D eigenvalue weighted by molar-refractivity contribution is 0.0923. The highest BCUT2D eigenvalue weighted by molar-refractivity contribution is 6.25. The zero-order valence-electron chi connectivity index (χ0n) is 7.09. The lowest BCUT2D eigenvalue weighted by Gasteiger charge is -2.17. The van der Waals surface area contributed by atoms with Crippen molar-refractivity contribution in [2.75, 3.05) is 0 Å². The van der Waals surface area contributed by atoms with Crippen molar-refractivity contribution in [2.24, 2.45) is 0 Å². The first-order chi connectivity index (χ1) is 6.27. The summed E-state index contributed by atoms with van der Waals surface area (Å²) in [6.45, 7) is 0. The van der Waals surface area contributed by atoms with Gasteiger partial charge in [-0.15, -0.1) is 0 Å². The normalized spacial score (nSPS) is 18.2. The maximum Gasteiger partial charge on any atom is 0.171 e. The van der Waals surface area contributed by atoms with Crippen molar-refractivity contribution in [2.45, 2.75) is 19.3 Å². The van der Waals surface area contributed by atoms with Gasteiger partial charge in [-0.1, -0.05) is 12.1 Å². The second kappa shape index (κ2) is 2.08. The number of carbonyl (C=O) groups is 2. The Morgan fingerprint density at radius 3 is 1.69 bits per heavy atom. The smallest absolute Gasteiger partial charge is 0.171 e. The van der Waals surface area contributed by atoms with Gasteiger partial charge in [0.15, 0.2) is 11.6 Å². The molecule has 0 saturated heterocycles. The second-order valence-corrected chi connectivity index (χ2v) is 3.66. The van der Waals surface area contributed by atoms with Gasteiger partial charge >= 0.3 is 0 Å². The van der Waals surface area contributed by atoms with E-state index in [1.165, 1.54) is 0 Å². The average molecular weight is 172 g/mol. The largest absolute Gasteiger partial charge is 0.294 e. The molecule has 0 amide bonds. The molecule has 0 atom stereocenters. The predicted molar refractivity (Wildman–Crippen MR) is 47.1 cm³/mol. The SMILES string of the molecule is O=C1CC(=O)c2c3ccc(c21)CC3. The molecule has 0 heterocycles. The summed E-state index contributed by atoms with van der Waals surface area (Å²) in [7, 11) is 0. The number of fused-ring (bicyclic) bond motifs is 2. The van der Waals surface area contributed by atoms with Crippen LogP contribution >= 0.6 is 0 Å². The number of hydrogen-bond donors (Lipinski definition) is 0. The molecule has 0 aromatic heterocycles. The topological polar surface area (TPSA) is 34.1 Å². The third kappa shape index (κ3) is 0.730. The summed E-state index contributed by atoms with van der Waals surface area (Å²) < 4.78 is 0. The Balaban J connectivity index is 2.44. The summed E-state index contributed by atoms with van der Waals surface area (Å²) in [5.41, 5.74) is 3.60. The second-order valence-electron chi connectivity index (χ2n) is 3.66. The highest BCUT2D eigenvalue weighted by atomic mass is 16.2. The van der Waals surface area contributed by atoms with Crippen LogP contribution in [-0.4, -0.2) is 11.6 Å². The first-order valence-corrected chi connectivity index (χ1v) is 4.48. The zero-order chi connectivity index (χ0) is 9.00. The van der Waals surface area contributed by atoms with Crippen molar-refractivity contribution in [3.05, 3.63) is 34.4 Å². The van der Waals surface area contributed by atoms with Gasteiger partial charge in [0.05, 0.1) is 6.42 Å². The van der Waals surface area contributed by atoms with Crippen LogP contribution in [0.4, 0.5) is 0 Å². The third-order valence-electron chi connectivity index (χ3n) is 2.92. The molecular weight excluding hydrogens is 164 g/mol. The highest BCUT2D eigenvalue weighted by Crippen LogP contribution is 2.33. The van der Waals surface area contributed by atoms with E-state index in [1.807, 2.05) is 12.1 Å². The van der Waals surface area contributed by atoms with Gasteiger partial charge in [0.25, 0.3) is 0 Å². The molecule has 3 aliphatic rings. The minimum Gasteiger partial charge on any atom is -0.294 e. The first kappa shape index (κ1) is 7.01. The minimum atomic E-state index is 0.0246. The lowest BCUT2D eigenvalue weighted by Crippen LogP contribution is -2.10. The Bertz CT molecular complexity index is 403. The summed E-state index contributed by atoms with van der Waals surface area (Å²) in [5.74, 6) is 0.0492. The van der Waals surface area contributed by atoms with Crippen LogP contribution < -0.4 is 0 Å². The van der Waals surface area contributed by atoms with Crippen LogP contribution in [0, 0.1) is 0 Å². The van der Waals surface area contributed by atoms with Gasteiger partial charge in [-0.3, -0.25) is 9.59 Å². The van der Waals surface area contributed by atoms with Crippen molar-refractivity contribution in [3.63, 3.8) is 0 Å². The summed E-state index contributed by atoms with van der Waals surface area (Å²) in [6, 6.07) is 3.96. The summed E-state index contributed by atoms with van der Waals surface area (Å²) in [6.07, 6.45) is 1.96. The van der Waals surface area contributed by atoms with Crippen LogP contribution in [0.3, 0.4) is 0 Å². The zero-order valence-corrected chi connectivity index (χ0v) is 7.09. The Morgan fingerprint density at radius 2 is 1.31 bits per heavy atom. The molecule has 1 aromatic carbocycles. The number of hydrogen-bond acceptors (Lipinski definition) is 2. The molecular formula is C11H8O2. The molecule has 0 N–H and O–H groups in total. The molecule has 0 aliphatic heterocycles. The molecule has 0 saturated carbocycles. The van der Waals surface area contributed by atoms with Gasteiger partial charge in [0.1, 0.15) is 0 Å². The molecule has 0 spiro atoms. The minimum absolute atomic E-state index is 0.0246. The predicted octanol–water partition coefficient (Wildman–Crippen LogP) is 1.55. The number of rotatable bonds is 0. The summed E-state index contributed by atoms with van der Waals surface area (Å²) in [5, 5.41) is 0. The number of carbonyl (C=O) groups excluding carboxylic acids is 2. The Kier molecular flexibility index (Phi) is 1.12. The van der Waals surface area contributed by atoms with Gasteiger partial charge in [-0.05, 0) is 24.0 Å². The van der Waals surface area contributed by atoms with E-state index in [-0.39, 0.29) is 18.0 Å². The van der Waals surface area contributed by atoms with E-state index in [1.54, 1.807) is 0 Å². The van der Waals surface area contributed by atoms with E-state index in [0.29, 0.717) is 0 Å². The molecule has 1 aromatic rings. The van der Waals surface area contributed by atoms with Crippen molar-refractivity contribution in [1.82, 2.24) is 0 Å². The number of ketones is 2. The molecule has 2 heteroatoms. The van der Waals surface area contributed by atoms with Crippen molar-refractivity contribution >= 4 is 11.6 Å². The van der Waals surface area contributed by atoms with Crippen molar-refractivity contribution in [3.8, 4) is 0 Å². The van der Waals surface area contributed by atoms with E-state index in [4.69, 9.17) is 0 Å². The molecule has 64 valence electrons. The maximum absolute atomic E-state index is 11.5. The van der Waals surface area contributed by atoms with E-state index in [9.17, 15) is 9.59 Å². The maximum atomic E-state index is 11.5. The Morgan fingerprint density at radius 1 is 0.846 bits per heavy atom. The fourth-order valence-electron chi connectivity index (χ4n) is 2.33. The Hall–Kier alpha value is -1.44. The number of aryl methyl sites for hydroxylation is 2. The summed E-state index contributed by atoms with van der Waals surface area (Å²) >= 11 is 0. The van der Waals surface area contributed by atoms with Crippen molar-refractivity contribution < 1.29 is 9.59 Å². The molecule has 3 aliphatic carbocycles. The molecule has 4 rings (SSSR count). The van der Waals surface area contributed by atoms with E-state index < -0.39 is 0 Å². The van der Waals surface area contributed by atoms with E-state index in [2.05, 4.69) is 0 Å². The average Bonchev–Trinajstić information content (AvgIpc) is 2.47. The van der Waals surface area contributed by atoms with Gasteiger partial charge in [-0.2, -0.15) is 0 Å². The van der Waals surface area contributed by atoms with Gasteiger partial charge in [0.2, 0.25) is 0 Å². The fourth-order valence-corrected chi connectivity index (χ4v) is 2.33. The highest BCUT2D eigenvalue weighted by Gasteiger charge is 2.34. The Labute approximate surface area is 75.6 Å². The first-order valence-electron chi connectivity index (χ1n) is 4.48. The van der Waals surface area contributed by atoms with Crippen LogP contribution in [0.1, 0.15) is 38.3 Å². The lowest BCUT2D eigenvalue weighted by atomic mass is 9.86. The van der Waals surface area contributed by atoms with Crippen LogP contribution in [-0.2, 0) is 12.8 Å². The molecule has 0 radical (unpaired) electrons. The molecule has 2 bridgehead atoms. The monoisotopic (exact) mass is 172 g/mol. The number of Topliss-reactive ketones (excluding diaryl/α,β-unsaturated/α-hetero) is 2. The van der Waals surface area contributed by atoms with Crippen molar-refractivity contribution in [1.29, 1.82) is 0 Å². The molecule has 2 nitrogen and oxygen atoms in total. The molecule has 13 heavy (non-hydrogen) atoms. The van der Waals surface area contributed by atoms with Gasteiger partial charge in [0, 0.05) is 11.1 Å². The fraction of sp³-hybridized carbons (Fsp3) is 0.273. The van der Waals surface area contributed by atoms with E-state index >= 15 is 0 Å². The molecule has 0 unspecified atom stereocenters. The molecule has 0 fully saturated rings. The van der Waals surface area contributed by atoms with Crippen LogP contribution in [0.5, 0.6) is 0 Å². The van der Waals surface area contributed by atoms with Crippen LogP contribution in [0.25, 0.3) is 0 Å². The van der Waals surface area contributed by atoms with E-state index in [0.717, 1.165) is 35.1 Å². The van der Waals surface area contributed by atoms with Gasteiger partial charge < -0.3 is 0 Å². The standard InChI is InChI=1S/C11H8O2/c12-8-5-9(13)11-7-2-1-6(3-4-7)10(8)11/h1-2H,3-5H2.